The highest BCUT2D eigenvalue weighted by Crippen LogP contribution is 2.29. The molecule has 6 nitrogen and oxygen atoms in total. The molecule has 1 atom stereocenters. The number of thiophene rings is 1. The van der Waals surface area contributed by atoms with Crippen LogP contribution in [0, 0.1) is 12.8 Å². The van der Waals surface area contributed by atoms with Gasteiger partial charge in [0, 0.05) is 23.7 Å². The van der Waals surface area contributed by atoms with Gasteiger partial charge < -0.3 is 10.1 Å². The number of nitrogens with zero attached hydrogens (tertiary/aromatic N) is 1. The van der Waals surface area contributed by atoms with Crippen molar-refractivity contribution in [1.82, 2.24) is 4.31 Å². The fraction of sp³-hybridized carbons (Fsp3) is 0.389. The summed E-state index contributed by atoms with van der Waals surface area (Å²) in [4.78, 5) is 13.4. The van der Waals surface area contributed by atoms with Crippen LogP contribution >= 0.6 is 11.3 Å². The molecule has 11 heteroatoms. The highest BCUT2D eigenvalue weighted by molar-refractivity contribution is 7.91. The molecule has 0 saturated carbocycles. The molecule has 0 aliphatic carbocycles. The summed E-state index contributed by atoms with van der Waals surface area (Å²) in [6.45, 7) is 2.22. The Morgan fingerprint density at radius 2 is 1.90 bits per heavy atom. The number of hydrogen-bond donors (Lipinski definition) is 1. The number of benzene rings is 1. The van der Waals surface area contributed by atoms with Crippen LogP contribution in [0.15, 0.2) is 40.6 Å². The minimum absolute atomic E-state index is 0.0559. The molecule has 1 unspecified atom stereocenters. The second-order valence-electron chi connectivity index (χ2n) is 6.63. The standard InChI is InChI=1S/C18H19F3N2O4S2/c1-12-4-9-16(28-12)29(25,26)23-10-2-3-13(11-23)17(24)22-14-5-7-15(8-6-14)27-18(19,20)21/h4-9,13H,2-3,10-11H2,1H3,(H,22,24). The largest absolute Gasteiger partial charge is 0.573 e. The lowest BCUT2D eigenvalue weighted by Gasteiger charge is -2.30. The van der Waals surface area contributed by atoms with E-state index in [9.17, 15) is 26.4 Å². The number of aryl methyl sites for hydroxylation is 1. The number of amides is 1. The lowest BCUT2D eigenvalue weighted by atomic mass is 9.99. The van der Waals surface area contributed by atoms with Gasteiger partial charge in [0.25, 0.3) is 10.0 Å². The predicted molar refractivity (Wildman–Crippen MR) is 102 cm³/mol. The van der Waals surface area contributed by atoms with Gasteiger partial charge in [-0.15, -0.1) is 24.5 Å². The Hall–Kier alpha value is -2.11. The summed E-state index contributed by atoms with van der Waals surface area (Å²) in [6.07, 6.45) is -3.72. The zero-order chi connectivity index (χ0) is 21.2. The molecular formula is C18H19F3N2O4S2. The Bertz CT molecular complexity index is 972. The van der Waals surface area contributed by atoms with Crippen molar-refractivity contribution in [2.24, 2.45) is 5.92 Å². The molecule has 1 aliphatic heterocycles. The van der Waals surface area contributed by atoms with Crippen LogP contribution in [-0.4, -0.2) is 38.1 Å². The monoisotopic (exact) mass is 448 g/mol. The lowest BCUT2D eigenvalue weighted by Crippen LogP contribution is -2.43. The van der Waals surface area contributed by atoms with Crippen LogP contribution in [0.1, 0.15) is 17.7 Å². The van der Waals surface area contributed by atoms with Crippen molar-refractivity contribution in [3.63, 3.8) is 0 Å². The molecule has 1 aliphatic rings. The van der Waals surface area contributed by atoms with Crippen LogP contribution in [0.3, 0.4) is 0 Å². The van der Waals surface area contributed by atoms with Crippen molar-refractivity contribution >= 4 is 33.0 Å². The number of anilines is 1. The first-order valence-corrected chi connectivity index (χ1v) is 11.0. The molecule has 2 heterocycles. The second-order valence-corrected chi connectivity index (χ2v) is 10.1. The molecule has 1 aromatic heterocycles. The Kier molecular flexibility index (Phi) is 6.20. The number of piperidine rings is 1. The number of rotatable bonds is 5. The van der Waals surface area contributed by atoms with E-state index in [1.807, 2.05) is 6.92 Å². The molecule has 29 heavy (non-hydrogen) atoms. The maximum absolute atomic E-state index is 12.8. The Morgan fingerprint density at radius 1 is 1.21 bits per heavy atom. The maximum Gasteiger partial charge on any atom is 0.573 e. The summed E-state index contributed by atoms with van der Waals surface area (Å²) in [5, 5.41) is 2.62. The number of carbonyl (C=O) groups is 1. The Morgan fingerprint density at radius 3 is 2.48 bits per heavy atom. The molecule has 1 saturated heterocycles. The summed E-state index contributed by atoms with van der Waals surface area (Å²) >= 11 is 1.18. The molecule has 0 bridgehead atoms. The zero-order valence-electron chi connectivity index (χ0n) is 15.4. The van der Waals surface area contributed by atoms with Gasteiger partial charge in [-0.2, -0.15) is 4.31 Å². The molecule has 1 amide bonds. The topological polar surface area (TPSA) is 75.7 Å². The number of carbonyl (C=O) groups excluding carboxylic acids is 1. The Balaban J connectivity index is 1.64. The number of sulfonamides is 1. The van der Waals surface area contributed by atoms with Crippen LogP contribution < -0.4 is 10.1 Å². The van der Waals surface area contributed by atoms with Gasteiger partial charge in [-0.1, -0.05) is 0 Å². The van der Waals surface area contributed by atoms with Gasteiger partial charge in [-0.3, -0.25) is 4.79 Å². The molecule has 0 radical (unpaired) electrons. The number of alkyl halides is 3. The molecule has 1 N–H and O–H groups in total. The van der Waals surface area contributed by atoms with Gasteiger partial charge in [0.1, 0.15) is 9.96 Å². The van der Waals surface area contributed by atoms with Gasteiger partial charge in [-0.05, 0) is 56.2 Å². The average Bonchev–Trinajstić information content (AvgIpc) is 3.09. The molecule has 3 rings (SSSR count). The van der Waals surface area contributed by atoms with Crippen LogP contribution in [0.5, 0.6) is 5.75 Å². The number of ether oxygens (including phenoxy) is 1. The summed E-state index contributed by atoms with van der Waals surface area (Å²) in [5.74, 6) is -1.32. The number of halogens is 3. The van der Waals surface area contributed by atoms with Crippen molar-refractivity contribution in [3.8, 4) is 5.75 Å². The SMILES string of the molecule is Cc1ccc(S(=O)(=O)N2CCCC(C(=O)Nc3ccc(OC(F)(F)F)cc3)C2)s1. The third-order valence-electron chi connectivity index (χ3n) is 4.42. The second kappa shape index (κ2) is 8.33. The maximum atomic E-state index is 12.8. The summed E-state index contributed by atoms with van der Waals surface area (Å²) in [6, 6.07) is 8.08. The van der Waals surface area contributed by atoms with Gasteiger partial charge in [0.15, 0.2) is 0 Å². The first kappa shape index (κ1) is 21.6. The first-order valence-electron chi connectivity index (χ1n) is 8.78. The summed E-state index contributed by atoms with van der Waals surface area (Å²) < 4.78 is 67.5. The zero-order valence-corrected chi connectivity index (χ0v) is 17.0. The molecule has 1 fully saturated rings. The minimum Gasteiger partial charge on any atom is -0.406 e. The molecule has 158 valence electrons. The number of hydrogen-bond acceptors (Lipinski definition) is 5. The van der Waals surface area contributed by atoms with E-state index in [4.69, 9.17) is 0 Å². The van der Waals surface area contributed by atoms with Crippen molar-refractivity contribution in [2.75, 3.05) is 18.4 Å². The van der Waals surface area contributed by atoms with Crippen LogP contribution in [-0.2, 0) is 14.8 Å². The van der Waals surface area contributed by atoms with Crippen molar-refractivity contribution in [1.29, 1.82) is 0 Å². The normalized spacial score (nSPS) is 18.4. The van der Waals surface area contributed by atoms with E-state index in [1.54, 1.807) is 12.1 Å². The van der Waals surface area contributed by atoms with Crippen molar-refractivity contribution in [3.05, 3.63) is 41.3 Å². The van der Waals surface area contributed by atoms with Crippen LogP contribution in [0.25, 0.3) is 0 Å². The summed E-state index contributed by atoms with van der Waals surface area (Å²) in [7, 11) is -3.65. The predicted octanol–water partition coefficient (Wildman–Crippen LogP) is 3.99. The van der Waals surface area contributed by atoms with Crippen LogP contribution in [0.4, 0.5) is 18.9 Å². The van der Waals surface area contributed by atoms with E-state index in [1.165, 1.54) is 27.8 Å². The molecule has 2 aromatic rings. The van der Waals surface area contributed by atoms with Crippen molar-refractivity contribution in [2.45, 2.75) is 30.3 Å². The van der Waals surface area contributed by atoms with E-state index < -0.39 is 28.1 Å². The third-order valence-corrected chi connectivity index (χ3v) is 7.75. The minimum atomic E-state index is -4.79. The third kappa shape index (κ3) is 5.49. The van der Waals surface area contributed by atoms with E-state index in [0.717, 1.165) is 17.0 Å². The smallest absolute Gasteiger partial charge is 0.406 e. The van der Waals surface area contributed by atoms with E-state index in [0.29, 0.717) is 25.1 Å². The fourth-order valence-electron chi connectivity index (χ4n) is 3.04. The Labute approximate surface area is 170 Å². The highest BCUT2D eigenvalue weighted by atomic mass is 32.2. The van der Waals surface area contributed by atoms with Crippen LogP contribution in [0.2, 0.25) is 0 Å². The summed E-state index contributed by atoms with van der Waals surface area (Å²) in [5.41, 5.74) is 0.304. The fourth-order valence-corrected chi connectivity index (χ4v) is 6.00. The number of nitrogens with one attached hydrogen (secondary N) is 1. The first-order chi connectivity index (χ1) is 13.5. The van der Waals surface area contributed by atoms with E-state index in [2.05, 4.69) is 10.1 Å². The average molecular weight is 448 g/mol. The molecule has 1 aromatic carbocycles. The highest BCUT2D eigenvalue weighted by Gasteiger charge is 2.34. The molecular weight excluding hydrogens is 429 g/mol. The van der Waals surface area contributed by atoms with Gasteiger partial charge in [0.2, 0.25) is 5.91 Å². The van der Waals surface area contributed by atoms with Crippen molar-refractivity contribution < 1.29 is 31.1 Å². The quantitative estimate of drug-likeness (QED) is 0.751. The van der Waals surface area contributed by atoms with Gasteiger partial charge in [-0.25, -0.2) is 8.42 Å². The lowest BCUT2D eigenvalue weighted by molar-refractivity contribution is -0.274. The van der Waals surface area contributed by atoms with E-state index >= 15 is 0 Å². The molecule has 0 spiro atoms. The van der Waals surface area contributed by atoms with Gasteiger partial charge >= 0.3 is 6.36 Å². The van der Waals surface area contributed by atoms with E-state index in [-0.39, 0.29) is 16.7 Å². The van der Waals surface area contributed by atoms with Gasteiger partial charge in [0.05, 0.1) is 5.92 Å².